The van der Waals surface area contributed by atoms with E-state index < -0.39 is 0 Å². The van der Waals surface area contributed by atoms with Crippen LogP contribution >= 0.6 is 34.2 Å². The number of halogens is 2. The van der Waals surface area contributed by atoms with Crippen molar-refractivity contribution in [1.29, 1.82) is 0 Å². The van der Waals surface area contributed by atoms with Gasteiger partial charge >= 0.3 is 0 Å². The second-order valence-corrected chi connectivity index (χ2v) is 4.91. The standard InChI is InChI=1S/C11H9ClIN3/c12-8-1-2-10(13)9(3-8)11(14)7-4-15-6-16-5-7/h1-6,11H,14H2. The SMILES string of the molecule is NC(c1cncnc1)c1cc(Cl)ccc1I. The zero-order chi connectivity index (χ0) is 11.5. The maximum Gasteiger partial charge on any atom is 0.115 e. The average molecular weight is 346 g/mol. The van der Waals surface area contributed by atoms with Crippen LogP contribution in [0.25, 0.3) is 0 Å². The fraction of sp³-hybridized carbons (Fsp3) is 0.0909. The smallest absolute Gasteiger partial charge is 0.115 e. The first-order valence-electron chi connectivity index (χ1n) is 4.64. The summed E-state index contributed by atoms with van der Waals surface area (Å²) >= 11 is 8.20. The molecule has 0 saturated heterocycles. The van der Waals surface area contributed by atoms with Crippen molar-refractivity contribution in [2.45, 2.75) is 6.04 Å². The minimum absolute atomic E-state index is 0.244. The van der Waals surface area contributed by atoms with Gasteiger partial charge in [0.1, 0.15) is 6.33 Å². The molecule has 82 valence electrons. The molecule has 2 aromatic rings. The van der Waals surface area contributed by atoms with Crippen molar-refractivity contribution in [2.24, 2.45) is 5.73 Å². The molecule has 1 aromatic heterocycles. The highest BCUT2D eigenvalue weighted by atomic mass is 127. The Balaban J connectivity index is 2.41. The lowest BCUT2D eigenvalue weighted by atomic mass is 10.0. The quantitative estimate of drug-likeness (QED) is 0.852. The van der Waals surface area contributed by atoms with Gasteiger partial charge in [0.2, 0.25) is 0 Å². The zero-order valence-corrected chi connectivity index (χ0v) is 11.2. The lowest BCUT2D eigenvalue weighted by molar-refractivity contribution is 0.845. The monoisotopic (exact) mass is 345 g/mol. The van der Waals surface area contributed by atoms with Gasteiger partial charge in [-0.2, -0.15) is 0 Å². The van der Waals surface area contributed by atoms with Crippen LogP contribution in [-0.4, -0.2) is 9.97 Å². The van der Waals surface area contributed by atoms with Crippen LogP contribution in [0.5, 0.6) is 0 Å². The molecule has 2 N–H and O–H groups in total. The second kappa shape index (κ2) is 5.07. The predicted molar refractivity (Wildman–Crippen MR) is 72.2 cm³/mol. The molecule has 2 rings (SSSR count). The van der Waals surface area contributed by atoms with Gasteiger partial charge in [0.05, 0.1) is 6.04 Å². The van der Waals surface area contributed by atoms with Crippen molar-refractivity contribution in [1.82, 2.24) is 9.97 Å². The molecule has 16 heavy (non-hydrogen) atoms. The Morgan fingerprint density at radius 3 is 2.62 bits per heavy atom. The van der Waals surface area contributed by atoms with Crippen LogP contribution in [0.3, 0.4) is 0 Å². The third-order valence-corrected chi connectivity index (χ3v) is 3.45. The van der Waals surface area contributed by atoms with E-state index in [1.807, 2.05) is 18.2 Å². The van der Waals surface area contributed by atoms with Crippen LogP contribution in [0, 0.1) is 3.57 Å². The first-order chi connectivity index (χ1) is 7.68. The van der Waals surface area contributed by atoms with E-state index in [0.717, 1.165) is 14.7 Å². The molecule has 0 aliphatic carbocycles. The molecule has 0 aliphatic heterocycles. The molecule has 3 nitrogen and oxygen atoms in total. The minimum atomic E-state index is -0.244. The van der Waals surface area contributed by atoms with E-state index in [2.05, 4.69) is 32.6 Å². The Morgan fingerprint density at radius 1 is 1.25 bits per heavy atom. The summed E-state index contributed by atoms with van der Waals surface area (Å²) in [5, 5.41) is 0.683. The fourth-order valence-electron chi connectivity index (χ4n) is 1.40. The lowest BCUT2D eigenvalue weighted by Gasteiger charge is -2.13. The van der Waals surface area contributed by atoms with Crippen LogP contribution in [0.4, 0.5) is 0 Å². The van der Waals surface area contributed by atoms with E-state index in [-0.39, 0.29) is 6.04 Å². The Bertz CT molecular complexity index is 490. The number of benzene rings is 1. The van der Waals surface area contributed by atoms with Crippen molar-refractivity contribution in [2.75, 3.05) is 0 Å². The summed E-state index contributed by atoms with van der Waals surface area (Å²) in [5.41, 5.74) is 8.01. The highest BCUT2D eigenvalue weighted by molar-refractivity contribution is 14.1. The van der Waals surface area contributed by atoms with E-state index in [1.165, 1.54) is 6.33 Å². The number of rotatable bonds is 2. The highest BCUT2D eigenvalue weighted by Crippen LogP contribution is 2.26. The van der Waals surface area contributed by atoms with Gasteiger partial charge in [0.15, 0.2) is 0 Å². The molecule has 0 bridgehead atoms. The molecule has 1 atom stereocenters. The molecule has 0 amide bonds. The fourth-order valence-corrected chi connectivity index (χ4v) is 2.26. The Morgan fingerprint density at radius 2 is 1.94 bits per heavy atom. The van der Waals surface area contributed by atoms with Crippen LogP contribution < -0.4 is 5.73 Å². The van der Waals surface area contributed by atoms with E-state index in [9.17, 15) is 0 Å². The van der Waals surface area contributed by atoms with Gasteiger partial charge in [-0.05, 0) is 46.4 Å². The predicted octanol–water partition coefficient (Wildman–Crippen LogP) is 2.78. The van der Waals surface area contributed by atoms with Gasteiger partial charge < -0.3 is 5.73 Å². The molecular formula is C11H9ClIN3. The number of nitrogens with two attached hydrogens (primary N) is 1. The van der Waals surface area contributed by atoms with Gasteiger partial charge in [0, 0.05) is 26.5 Å². The first kappa shape index (κ1) is 11.8. The van der Waals surface area contributed by atoms with Crippen LogP contribution in [0.15, 0.2) is 36.9 Å². The average Bonchev–Trinajstić information content (AvgIpc) is 2.32. The number of nitrogens with zero attached hydrogens (tertiary/aromatic N) is 2. The lowest BCUT2D eigenvalue weighted by Crippen LogP contribution is -2.13. The normalized spacial score (nSPS) is 12.4. The molecule has 0 spiro atoms. The Labute approximate surface area is 112 Å². The largest absolute Gasteiger partial charge is 0.320 e. The Hall–Kier alpha value is -0.720. The summed E-state index contributed by atoms with van der Waals surface area (Å²) in [7, 11) is 0. The molecule has 1 heterocycles. The van der Waals surface area contributed by atoms with Crippen LogP contribution in [0.1, 0.15) is 17.2 Å². The van der Waals surface area contributed by atoms with Crippen molar-refractivity contribution >= 4 is 34.2 Å². The maximum absolute atomic E-state index is 6.14. The van der Waals surface area contributed by atoms with Gasteiger partial charge in [-0.3, -0.25) is 0 Å². The molecule has 0 aliphatic rings. The summed E-state index contributed by atoms with van der Waals surface area (Å²) in [5.74, 6) is 0. The first-order valence-corrected chi connectivity index (χ1v) is 6.09. The minimum Gasteiger partial charge on any atom is -0.320 e. The van der Waals surface area contributed by atoms with Crippen molar-refractivity contribution < 1.29 is 0 Å². The zero-order valence-electron chi connectivity index (χ0n) is 8.27. The molecule has 1 aromatic carbocycles. The summed E-state index contributed by atoms with van der Waals surface area (Å²) in [4.78, 5) is 7.91. The summed E-state index contributed by atoms with van der Waals surface area (Å²) in [6.45, 7) is 0. The molecule has 0 saturated carbocycles. The van der Waals surface area contributed by atoms with Gasteiger partial charge in [-0.15, -0.1) is 0 Å². The van der Waals surface area contributed by atoms with E-state index in [1.54, 1.807) is 12.4 Å². The third-order valence-electron chi connectivity index (χ3n) is 2.23. The van der Waals surface area contributed by atoms with E-state index >= 15 is 0 Å². The summed E-state index contributed by atoms with van der Waals surface area (Å²) < 4.78 is 1.08. The number of hydrogen-bond donors (Lipinski definition) is 1. The molecule has 0 radical (unpaired) electrons. The van der Waals surface area contributed by atoms with Gasteiger partial charge in [0.25, 0.3) is 0 Å². The highest BCUT2D eigenvalue weighted by Gasteiger charge is 2.12. The third kappa shape index (κ3) is 2.50. The molecule has 0 fully saturated rings. The van der Waals surface area contributed by atoms with Crippen molar-refractivity contribution in [3.8, 4) is 0 Å². The molecule has 5 heteroatoms. The van der Waals surface area contributed by atoms with Crippen LogP contribution in [0.2, 0.25) is 5.02 Å². The van der Waals surface area contributed by atoms with Crippen molar-refractivity contribution in [3.05, 3.63) is 56.6 Å². The summed E-state index contributed by atoms with van der Waals surface area (Å²) in [6.07, 6.45) is 4.92. The molecule has 1 unspecified atom stereocenters. The Kier molecular flexibility index (Phi) is 3.73. The number of hydrogen-bond acceptors (Lipinski definition) is 3. The van der Waals surface area contributed by atoms with Gasteiger partial charge in [-0.1, -0.05) is 11.6 Å². The van der Waals surface area contributed by atoms with E-state index in [4.69, 9.17) is 17.3 Å². The number of aromatic nitrogens is 2. The topological polar surface area (TPSA) is 51.8 Å². The summed E-state index contributed by atoms with van der Waals surface area (Å²) in [6, 6.07) is 5.43. The second-order valence-electron chi connectivity index (χ2n) is 3.32. The van der Waals surface area contributed by atoms with E-state index in [0.29, 0.717) is 5.02 Å². The van der Waals surface area contributed by atoms with Gasteiger partial charge in [-0.25, -0.2) is 9.97 Å². The van der Waals surface area contributed by atoms with Crippen molar-refractivity contribution in [3.63, 3.8) is 0 Å². The van der Waals surface area contributed by atoms with Crippen LogP contribution in [-0.2, 0) is 0 Å². The molecular weight excluding hydrogens is 336 g/mol. The maximum atomic E-state index is 6.14.